The summed E-state index contributed by atoms with van der Waals surface area (Å²) < 4.78 is 17.6. The average molecular weight is 316 g/mol. The maximum atomic E-state index is 13.0. The number of methoxy groups -OCH3 is 1. The predicted molar refractivity (Wildman–Crippen MR) is 82.0 cm³/mol. The van der Waals surface area contributed by atoms with Gasteiger partial charge in [-0.3, -0.25) is 14.6 Å². The summed E-state index contributed by atoms with van der Waals surface area (Å²) in [5.74, 6) is -0.979. The van der Waals surface area contributed by atoms with Gasteiger partial charge in [-0.1, -0.05) is 12.1 Å². The van der Waals surface area contributed by atoms with Gasteiger partial charge in [0.05, 0.1) is 19.1 Å². The van der Waals surface area contributed by atoms with E-state index in [-0.39, 0.29) is 31.2 Å². The summed E-state index contributed by atoms with van der Waals surface area (Å²) in [5, 5.41) is 0. The van der Waals surface area contributed by atoms with Gasteiger partial charge in [0.1, 0.15) is 5.82 Å². The highest BCUT2D eigenvalue weighted by molar-refractivity contribution is 5.94. The van der Waals surface area contributed by atoms with Gasteiger partial charge >= 0.3 is 5.97 Å². The molecule has 5 nitrogen and oxygen atoms in total. The van der Waals surface area contributed by atoms with Crippen LogP contribution in [0.15, 0.2) is 48.8 Å². The van der Waals surface area contributed by atoms with Crippen LogP contribution in [-0.4, -0.2) is 35.4 Å². The molecular weight excluding hydrogens is 299 g/mol. The maximum absolute atomic E-state index is 13.0. The number of hydrogen-bond acceptors (Lipinski definition) is 4. The second kappa shape index (κ2) is 8.03. The Bertz CT molecular complexity index is 659. The Hall–Kier alpha value is -2.76. The number of carbonyl (C=O) groups is 2. The Morgan fingerprint density at radius 3 is 2.57 bits per heavy atom. The zero-order valence-corrected chi connectivity index (χ0v) is 12.7. The third kappa shape index (κ3) is 4.88. The zero-order valence-electron chi connectivity index (χ0n) is 12.7. The minimum absolute atomic E-state index is 0.0870. The summed E-state index contributed by atoms with van der Waals surface area (Å²) in [6.45, 7) is 0.475. The van der Waals surface area contributed by atoms with E-state index >= 15 is 0 Å². The van der Waals surface area contributed by atoms with Crippen LogP contribution < -0.4 is 0 Å². The molecule has 120 valence electrons. The normalized spacial score (nSPS) is 10.2. The maximum Gasteiger partial charge on any atom is 0.307 e. The van der Waals surface area contributed by atoms with Crippen LogP contribution in [0.5, 0.6) is 0 Å². The number of ether oxygens (including phenoxy) is 1. The molecule has 1 amide bonds. The molecule has 0 saturated carbocycles. The van der Waals surface area contributed by atoms with Crippen molar-refractivity contribution in [2.24, 2.45) is 0 Å². The highest BCUT2D eigenvalue weighted by Gasteiger charge is 2.17. The fourth-order valence-electron chi connectivity index (χ4n) is 2.06. The molecular formula is C17H17FN2O3. The van der Waals surface area contributed by atoms with Gasteiger partial charge in [-0.2, -0.15) is 0 Å². The zero-order chi connectivity index (χ0) is 16.7. The summed E-state index contributed by atoms with van der Waals surface area (Å²) >= 11 is 0. The third-order valence-corrected chi connectivity index (χ3v) is 3.30. The van der Waals surface area contributed by atoms with Crippen LogP contribution >= 0.6 is 0 Å². The minimum Gasteiger partial charge on any atom is -0.469 e. The molecule has 0 saturated heterocycles. The first kappa shape index (κ1) is 16.6. The summed E-state index contributed by atoms with van der Waals surface area (Å²) in [7, 11) is 1.30. The van der Waals surface area contributed by atoms with E-state index in [9.17, 15) is 14.0 Å². The molecule has 0 aliphatic carbocycles. The van der Waals surface area contributed by atoms with Crippen molar-refractivity contribution < 1.29 is 18.7 Å². The van der Waals surface area contributed by atoms with Crippen LogP contribution in [0, 0.1) is 5.82 Å². The molecule has 0 aliphatic rings. The van der Waals surface area contributed by atoms with E-state index in [4.69, 9.17) is 0 Å². The van der Waals surface area contributed by atoms with Gasteiger partial charge in [0.25, 0.3) is 5.91 Å². The molecule has 2 aromatic rings. The number of halogens is 1. The lowest BCUT2D eigenvalue weighted by molar-refractivity contribution is -0.140. The molecule has 0 bridgehead atoms. The lowest BCUT2D eigenvalue weighted by atomic mass is 10.1. The van der Waals surface area contributed by atoms with Crippen molar-refractivity contribution in [1.29, 1.82) is 0 Å². The molecule has 1 heterocycles. The van der Waals surface area contributed by atoms with Crippen molar-refractivity contribution in [2.45, 2.75) is 13.0 Å². The topological polar surface area (TPSA) is 59.5 Å². The van der Waals surface area contributed by atoms with E-state index in [0.717, 1.165) is 5.56 Å². The van der Waals surface area contributed by atoms with Crippen molar-refractivity contribution >= 4 is 11.9 Å². The first-order chi connectivity index (χ1) is 11.1. The monoisotopic (exact) mass is 316 g/mol. The van der Waals surface area contributed by atoms with Gasteiger partial charge < -0.3 is 9.64 Å². The number of aromatic nitrogens is 1. The molecule has 0 spiro atoms. The molecule has 0 fully saturated rings. The van der Waals surface area contributed by atoms with E-state index in [1.54, 1.807) is 30.5 Å². The number of nitrogens with zero attached hydrogens (tertiary/aromatic N) is 2. The van der Waals surface area contributed by atoms with Crippen LogP contribution in [-0.2, 0) is 16.1 Å². The minimum atomic E-state index is -0.395. The number of rotatable bonds is 6. The van der Waals surface area contributed by atoms with Crippen LogP contribution in [0.3, 0.4) is 0 Å². The van der Waals surface area contributed by atoms with Crippen LogP contribution in [0.4, 0.5) is 4.39 Å². The van der Waals surface area contributed by atoms with Crippen molar-refractivity contribution in [2.75, 3.05) is 13.7 Å². The van der Waals surface area contributed by atoms with E-state index in [1.165, 1.54) is 30.3 Å². The number of benzene rings is 1. The molecule has 2 rings (SSSR count). The standard InChI is InChI=1S/C17H17FN2O3/c1-23-16(21)8-10-20(12-13-4-6-15(18)7-5-13)17(22)14-3-2-9-19-11-14/h2-7,9,11H,8,10,12H2,1H3. The Morgan fingerprint density at radius 2 is 1.96 bits per heavy atom. The molecule has 0 aliphatic heterocycles. The predicted octanol–water partition coefficient (Wildman–Crippen LogP) is 2.43. The van der Waals surface area contributed by atoms with Crippen LogP contribution in [0.1, 0.15) is 22.3 Å². The SMILES string of the molecule is COC(=O)CCN(Cc1ccc(F)cc1)C(=O)c1cccnc1. The Labute approximate surface area is 133 Å². The summed E-state index contributed by atoms with van der Waals surface area (Å²) in [6.07, 6.45) is 3.14. The highest BCUT2D eigenvalue weighted by atomic mass is 19.1. The van der Waals surface area contributed by atoms with E-state index in [2.05, 4.69) is 9.72 Å². The summed E-state index contributed by atoms with van der Waals surface area (Å²) in [6, 6.07) is 9.22. The largest absolute Gasteiger partial charge is 0.469 e. The van der Waals surface area contributed by atoms with Crippen molar-refractivity contribution in [3.05, 3.63) is 65.7 Å². The fraction of sp³-hybridized carbons (Fsp3) is 0.235. The van der Waals surface area contributed by atoms with Crippen LogP contribution in [0.25, 0.3) is 0 Å². The smallest absolute Gasteiger partial charge is 0.307 e. The molecule has 0 unspecified atom stereocenters. The van der Waals surface area contributed by atoms with Crippen molar-refractivity contribution in [3.63, 3.8) is 0 Å². The van der Waals surface area contributed by atoms with E-state index in [1.807, 2.05) is 0 Å². The Kier molecular flexibility index (Phi) is 5.80. The third-order valence-electron chi connectivity index (χ3n) is 3.30. The van der Waals surface area contributed by atoms with Gasteiger partial charge in [-0.25, -0.2) is 4.39 Å². The van der Waals surface area contributed by atoms with Gasteiger partial charge in [0.2, 0.25) is 0 Å². The molecule has 0 atom stereocenters. The van der Waals surface area contributed by atoms with Crippen molar-refractivity contribution in [1.82, 2.24) is 9.88 Å². The molecule has 6 heteroatoms. The number of pyridine rings is 1. The number of hydrogen-bond donors (Lipinski definition) is 0. The van der Waals surface area contributed by atoms with E-state index in [0.29, 0.717) is 5.56 Å². The van der Waals surface area contributed by atoms with Crippen LogP contribution in [0.2, 0.25) is 0 Å². The second-order valence-electron chi connectivity index (χ2n) is 4.92. The lowest BCUT2D eigenvalue weighted by Crippen LogP contribution is -2.32. The fourth-order valence-corrected chi connectivity index (χ4v) is 2.06. The highest BCUT2D eigenvalue weighted by Crippen LogP contribution is 2.11. The van der Waals surface area contributed by atoms with E-state index < -0.39 is 5.97 Å². The quantitative estimate of drug-likeness (QED) is 0.768. The number of esters is 1. The van der Waals surface area contributed by atoms with Gasteiger partial charge in [0.15, 0.2) is 0 Å². The molecule has 23 heavy (non-hydrogen) atoms. The lowest BCUT2D eigenvalue weighted by Gasteiger charge is -2.22. The molecule has 1 aromatic carbocycles. The van der Waals surface area contributed by atoms with Gasteiger partial charge in [-0.15, -0.1) is 0 Å². The van der Waals surface area contributed by atoms with Gasteiger partial charge in [-0.05, 0) is 29.8 Å². The Morgan fingerprint density at radius 1 is 1.22 bits per heavy atom. The first-order valence-corrected chi connectivity index (χ1v) is 7.10. The second-order valence-corrected chi connectivity index (χ2v) is 4.92. The first-order valence-electron chi connectivity index (χ1n) is 7.10. The number of carbonyl (C=O) groups excluding carboxylic acids is 2. The van der Waals surface area contributed by atoms with Crippen molar-refractivity contribution in [3.8, 4) is 0 Å². The average Bonchev–Trinajstić information content (AvgIpc) is 2.60. The molecule has 1 aromatic heterocycles. The summed E-state index contributed by atoms with van der Waals surface area (Å²) in [5.41, 5.74) is 1.20. The Balaban J connectivity index is 2.15. The number of amides is 1. The molecule has 0 N–H and O–H groups in total. The molecule has 0 radical (unpaired) electrons. The van der Waals surface area contributed by atoms with Gasteiger partial charge in [0, 0.05) is 25.5 Å². The summed E-state index contributed by atoms with van der Waals surface area (Å²) in [4.78, 5) is 29.4.